The van der Waals surface area contributed by atoms with Crippen LogP contribution in [0, 0.1) is 16.0 Å². The maximum Gasteiger partial charge on any atom is 0.269 e. The van der Waals surface area contributed by atoms with Gasteiger partial charge >= 0.3 is 0 Å². The van der Waals surface area contributed by atoms with Gasteiger partial charge in [-0.25, -0.2) is 9.67 Å². The molecule has 126 valence electrons. The van der Waals surface area contributed by atoms with E-state index in [0.29, 0.717) is 17.3 Å². The van der Waals surface area contributed by atoms with E-state index in [4.69, 9.17) is 0 Å². The first-order valence-corrected chi connectivity index (χ1v) is 7.95. The Hall–Kier alpha value is -2.77. The van der Waals surface area contributed by atoms with E-state index in [0.717, 1.165) is 25.9 Å². The molecule has 1 fully saturated rings. The minimum Gasteiger partial charge on any atom is -0.341 e. The van der Waals surface area contributed by atoms with Crippen LogP contribution >= 0.6 is 0 Å². The SMILES string of the molecule is CC1CCN(C(=O)Cn2cnc(-c3ccc([N+](=O)[O-])cc3)n2)CC1. The number of nitrogens with zero attached hydrogens (tertiary/aromatic N) is 5. The molecule has 0 spiro atoms. The molecule has 1 aromatic heterocycles. The number of rotatable bonds is 4. The number of hydrogen-bond donors (Lipinski definition) is 0. The summed E-state index contributed by atoms with van der Waals surface area (Å²) in [5, 5.41) is 15.0. The maximum absolute atomic E-state index is 12.3. The van der Waals surface area contributed by atoms with E-state index in [1.54, 1.807) is 12.1 Å². The third-order valence-electron chi connectivity index (χ3n) is 4.31. The van der Waals surface area contributed by atoms with Crippen molar-refractivity contribution < 1.29 is 9.72 Å². The molecule has 1 amide bonds. The van der Waals surface area contributed by atoms with Gasteiger partial charge in [-0.15, -0.1) is 0 Å². The fourth-order valence-electron chi connectivity index (χ4n) is 2.73. The van der Waals surface area contributed by atoms with Gasteiger partial charge in [0, 0.05) is 30.8 Å². The Labute approximate surface area is 139 Å². The molecule has 0 radical (unpaired) electrons. The summed E-state index contributed by atoms with van der Waals surface area (Å²) in [5.74, 6) is 1.17. The van der Waals surface area contributed by atoms with Gasteiger partial charge in [0.05, 0.1) is 4.92 Å². The number of nitro benzene ring substituents is 1. The highest BCUT2D eigenvalue weighted by Crippen LogP contribution is 2.19. The van der Waals surface area contributed by atoms with Gasteiger partial charge < -0.3 is 4.90 Å². The number of amides is 1. The summed E-state index contributed by atoms with van der Waals surface area (Å²) >= 11 is 0. The highest BCUT2D eigenvalue weighted by Gasteiger charge is 2.20. The van der Waals surface area contributed by atoms with Crippen molar-refractivity contribution in [1.29, 1.82) is 0 Å². The Balaban J connectivity index is 1.65. The molecule has 8 heteroatoms. The summed E-state index contributed by atoms with van der Waals surface area (Å²) in [6.07, 6.45) is 3.59. The second-order valence-electron chi connectivity index (χ2n) is 6.13. The van der Waals surface area contributed by atoms with Gasteiger partial charge in [-0.3, -0.25) is 14.9 Å². The van der Waals surface area contributed by atoms with Gasteiger partial charge in [0.1, 0.15) is 12.9 Å². The molecule has 2 aromatic rings. The van der Waals surface area contributed by atoms with Crippen LogP contribution in [0.5, 0.6) is 0 Å². The van der Waals surface area contributed by atoms with Crippen LogP contribution in [0.3, 0.4) is 0 Å². The molecule has 0 N–H and O–H groups in total. The lowest BCUT2D eigenvalue weighted by atomic mass is 9.99. The number of carbonyl (C=O) groups is 1. The lowest BCUT2D eigenvalue weighted by Gasteiger charge is -2.30. The van der Waals surface area contributed by atoms with Crippen LogP contribution < -0.4 is 0 Å². The first-order chi connectivity index (χ1) is 11.5. The van der Waals surface area contributed by atoms with E-state index in [1.807, 2.05) is 4.90 Å². The summed E-state index contributed by atoms with van der Waals surface area (Å²) in [4.78, 5) is 28.6. The Morgan fingerprint density at radius 2 is 1.96 bits per heavy atom. The van der Waals surface area contributed by atoms with E-state index in [9.17, 15) is 14.9 Å². The number of non-ortho nitro benzene ring substituents is 1. The van der Waals surface area contributed by atoms with Crippen LogP contribution in [0.1, 0.15) is 19.8 Å². The number of hydrogen-bond acceptors (Lipinski definition) is 5. The lowest BCUT2D eigenvalue weighted by Crippen LogP contribution is -2.39. The summed E-state index contributed by atoms with van der Waals surface area (Å²) in [6, 6.07) is 6.03. The van der Waals surface area contributed by atoms with E-state index in [-0.39, 0.29) is 18.1 Å². The maximum atomic E-state index is 12.3. The highest BCUT2D eigenvalue weighted by atomic mass is 16.6. The number of piperidine rings is 1. The molecular weight excluding hydrogens is 310 g/mol. The molecule has 0 unspecified atom stereocenters. The van der Waals surface area contributed by atoms with Crippen molar-refractivity contribution in [2.24, 2.45) is 5.92 Å². The molecule has 8 nitrogen and oxygen atoms in total. The Kier molecular flexibility index (Phi) is 4.54. The second kappa shape index (κ2) is 6.77. The summed E-state index contributed by atoms with van der Waals surface area (Å²) in [5.41, 5.74) is 0.700. The normalized spacial score (nSPS) is 15.5. The number of nitro groups is 1. The number of aromatic nitrogens is 3. The summed E-state index contributed by atoms with van der Waals surface area (Å²) < 4.78 is 1.51. The molecule has 2 heterocycles. The predicted octanol–water partition coefficient (Wildman–Crippen LogP) is 2.11. The quantitative estimate of drug-likeness (QED) is 0.632. The molecule has 0 bridgehead atoms. The van der Waals surface area contributed by atoms with Crippen LogP contribution in [0.15, 0.2) is 30.6 Å². The van der Waals surface area contributed by atoms with E-state index < -0.39 is 4.92 Å². The number of carbonyl (C=O) groups excluding carboxylic acids is 1. The van der Waals surface area contributed by atoms with Gasteiger partial charge in [0.25, 0.3) is 5.69 Å². The summed E-state index contributed by atoms with van der Waals surface area (Å²) in [7, 11) is 0. The standard InChI is InChI=1S/C16H19N5O3/c1-12-6-8-19(9-7-12)15(22)10-20-11-17-16(18-20)13-2-4-14(5-3-13)21(23)24/h2-5,11-12H,6-10H2,1H3. The molecule has 0 atom stereocenters. The molecule has 1 aliphatic heterocycles. The Morgan fingerprint density at radius 3 is 2.58 bits per heavy atom. The zero-order chi connectivity index (χ0) is 17.1. The number of likely N-dealkylation sites (tertiary alicyclic amines) is 1. The van der Waals surface area contributed by atoms with E-state index in [1.165, 1.54) is 23.1 Å². The second-order valence-corrected chi connectivity index (χ2v) is 6.13. The first-order valence-electron chi connectivity index (χ1n) is 7.95. The minimum atomic E-state index is -0.450. The molecule has 1 aromatic carbocycles. The molecule has 1 aliphatic rings. The van der Waals surface area contributed by atoms with Crippen molar-refractivity contribution in [3.8, 4) is 11.4 Å². The van der Waals surface area contributed by atoms with E-state index >= 15 is 0 Å². The predicted molar refractivity (Wildman–Crippen MR) is 87.1 cm³/mol. The zero-order valence-electron chi connectivity index (χ0n) is 13.5. The van der Waals surface area contributed by atoms with Crippen molar-refractivity contribution in [2.75, 3.05) is 13.1 Å². The fraction of sp³-hybridized carbons (Fsp3) is 0.438. The lowest BCUT2D eigenvalue weighted by molar-refractivity contribution is -0.384. The Morgan fingerprint density at radius 1 is 1.29 bits per heavy atom. The monoisotopic (exact) mass is 329 g/mol. The van der Waals surface area contributed by atoms with Crippen molar-refractivity contribution >= 4 is 11.6 Å². The smallest absolute Gasteiger partial charge is 0.269 e. The van der Waals surface area contributed by atoms with Crippen LogP contribution in [-0.4, -0.2) is 43.6 Å². The summed E-state index contributed by atoms with van der Waals surface area (Å²) in [6.45, 7) is 3.96. The molecule has 0 aliphatic carbocycles. The first kappa shape index (κ1) is 16.1. The molecule has 0 saturated carbocycles. The topological polar surface area (TPSA) is 94.2 Å². The third-order valence-corrected chi connectivity index (χ3v) is 4.31. The van der Waals surface area contributed by atoms with Crippen molar-refractivity contribution in [3.63, 3.8) is 0 Å². The van der Waals surface area contributed by atoms with Crippen molar-refractivity contribution in [3.05, 3.63) is 40.7 Å². The van der Waals surface area contributed by atoms with Gasteiger partial charge in [-0.05, 0) is 30.9 Å². The molecule has 24 heavy (non-hydrogen) atoms. The number of benzene rings is 1. The minimum absolute atomic E-state index is 0.0210. The average Bonchev–Trinajstić information content (AvgIpc) is 3.04. The van der Waals surface area contributed by atoms with E-state index in [2.05, 4.69) is 17.0 Å². The zero-order valence-corrected chi connectivity index (χ0v) is 13.5. The third kappa shape index (κ3) is 3.58. The van der Waals surface area contributed by atoms with Crippen LogP contribution in [0.25, 0.3) is 11.4 Å². The van der Waals surface area contributed by atoms with Gasteiger partial charge in [0.15, 0.2) is 5.82 Å². The largest absolute Gasteiger partial charge is 0.341 e. The van der Waals surface area contributed by atoms with Crippen LogP contribution in [-0.2, 0) is 11.3 Å². The van der Waals surface area contributed by atoms with Crippen molar-refractivity contribution in [1.82, 2.24) is 19.7 Å². The highest BCUT2D eigenvalue weighted by molar-refractivity contribution is 5.76. The van der Waals surface area contributed by atoms with Gasteiger partial charge in [-0.1, -0.05) is 6.92 Å². The molecule has 3 rings (SSSR count). The van der Waals surface area contributed by atoms with Gasteiger partial charge in [-0.2, -0.15) is 5.10 Å². The van der Waals surface area contributed by atoms with Crippen LogP contribution in [0.2, 0.25) is 0 Å². The molecule has 1 saturated heterocycles. The van der Waals surface area contributed by atoms with Crippen molar-refractivity contribution in [2.45, 2.75) is 26.3 Å². The van der Waals surface area contributed by atoms with Gasteiger partial charge in [0.2, 0.25) is 5.91 Å². The Bertz CT molecular complexity index is 732. The fourth-order valence-corrected chi connectivity index (χ4v) is 2.73. The van der Waals surface area contributed by atoms with Crippen LogP contribution in [0.4, 0.5) is 5.69 Å². The average molecular weight is 329 g/mol. The molecular formula is C16H19N5O3.